The highest BCUT2D eigenvalue weighted by atomic mass is 16.4. The van der Waals surface area contributed by atoms with Gasteiger partial charge in [0.05, 0.1) is 18.9 Å². The lowest BCUT2D eigenvalue weighted by molar-refractivity contribution is -0.147. The highest BCUT2D eigenvalue weighted by molar-refractivity contribution is 5.96. The minimum absolute atomic E-state index is 0.191. The van der Waals surface area contributed by atoms with Crippen molar-refractivity contribution in [2.24, 2.45) is 5.73 Å². The van der Waals surface area contributed by atoms with Gasteiger partial charge in [-0.15, -0.1) is 0 Å². The molecule has 0 aliphatic heterocycles. The van der Waals surface area contributed by atoms with E-state index >= 15 is 0 Å². The Bertz CT molecular complexity index is 1020. The van der Waals surface area contributed by atoms with Crippen molar-refractivity contribution in [3.63, 3.8) is 0 Å². The number of carboxylic acid groups (broad SMARTS) is 4. The van der Waals surface area contributed by atoms with Crippen LogP contribution in [0.2, 0.25) is 0 Å². The van der Waals surface area contributed by atoms with Gasteiger partial charge in [-0.1, -0.05) is 30.3 Å². The van der Waals surface area contributed by atoms with Crippen LogP contribution in [0.15, 0.2) is 30.3 Å². The lowest BCUT2D eigenvalue weighted by Gasteiger charge is -2.24. The van der Waals surface area contributed by atoms with Crippen molar-refractivity contribution >= 4 is 41.6 Å². The Morgan fingerprint density at radius 3 is 1.68 bits per heavy atom. The van der Waals surface area contributed by atoms with Crippen LogP contribution >= 0.6 is 0 Å². The fourth-order valence-corrected chi connectivity index (χ4v) is 3.05. The Morgan fingerprint density at radius 1 is 0.676 bits per heavy atom. The molecule has 0 unspecified atom stereocenters. The Balaban J connectivity index is 3.11. The molecule has 0 saturated heterocycles. The number of carbonyl (C=O) groups is 7. The quantitative estimate of drug-likeness (QED) is 0.116. The summed E-state index contributed by atoms with van der Waals surface area (Å²) < 4.78 is 0. The summed E-state index contributed by atoms with van der Waals surface area (Å²) in [5, 5.41) is 42.4. The Morgan fingerprint density at radius 2 is 1.16 bits per heavy atom. The molecule has 9 N–H and O–H groups in total. The fraction of sp³-hybridized carbons (Fsp3) is 0.409. The highest BCUT2D eigenvalue weighted by Crippen LogP contribution is 2.07. The van der Waals surface area contributed by atoms with Crippen molar-refractivity contribution in [1.82, 2.24) is 16.0 Å². The summed E-state index contributed by atoms with van der Waals surface area (Å²) in [5.74, 6) is -9.03. The zero-order valence-electron chi connectivity index (χ0n) is 19.5. The number of benzene rings is 1. The number of rotatable bonds is 16. The third kappa shape index (κ3) is 11.6. The van der Waals surface area contributed by atoms with E-state index in [0.29, 0.717) is 5.56 Å². The van der Waals surface area contributed by atoms with Crippen LogP contribution in [0.25, 0.3) is 0 Å². The molecule has 0 heterocycles. The van der Waals surface area contributed by atoms with Gasteiger partial charge in [0, 0.05) is 12.8 Å². The van der Waals surface area contributed by atoms with Crippen molar-refractivity contribution in [3.05, 3.63) is 35.9 Å². The molecule has 0 bridgehead atoms. The van der Waals surface area contributed by atoms with Crippen LogP contribution < -0.4 is 21.7 Å². The third-order valence-electron chi connectivity index (χ3n) is 4.93. The maximum Gasteiger partial charge on any atom is 0.326 e. The smallest absolute Gasteiger partial charge is 0.326 e. The van der Waals surface area contributed by atoms with Gasteiger partial charge in [0.15, 0.2) is 0 Å². The molecule has 0 saturated carbocycles. The summed E-state index contributed by atoms with van der Waals surface area (Å²) in [6.45, 7) is 0. The van der Waals surface area contributed by atoms with E-state index in [4.69, 9.17) is 21.1 Å². The van der Waals surface area contributed by atoms with Crippen molar-refractivity contribution < 1.29 is 54.0 Å². The predicted molar refractivity (Wildman–Crippen MR) is 123 cm³/mol. The Labute approximate surface area is 210 Å². The van der Waals surface area contributed by atoms with Crippen LogP contribution in [-0.2, 0) is 40.0 Å². The average molecular weight is 524 g/mol. The van der Waals surface area contributed by atoms with Crippen LogP contribution in [0.1, 0.15) is 31.2 Å². The minimum atomic E-state index is -1.82. The first-order valence-electron chi connectivity index (χ1n) is 10.9. The summed E-state index contributed by atoms with van der Waals surface area (Å²) in [7, 11) is 0. The molecule has 0 aromatic heterocycles. The maximum absolute atomic E-state index is 12.9. The summed E-state index contributed by atoms with van der Waals surface area (Å²) in [4.78, 5) is 82.3. The van der Waals surface area contributed by atoms with E-state index in [9.17, 15) is 38.7 Å². The second-order valence-corrected chi connectivity index (χ2v) is 7.95. The molecule has 0 aliphatic carbocycles. The Hall–Kier alpha value is -4.53. The summed E-state index contributed by atoms with van der Waals surface area (Å²) >= 11 is 0. The van der Waals surface area contributed by atoms with Gasteiger partial charge in [0.25, 0.3) is 0 Å². The minimum Gasteiger partial charge on any atom is -0.481 e. The van der Waals surface area contributed by atoms with Gasteiger partial charge < -0.3 is 42.1 Å². The first-order valence-corrected chi connectivity index (χ1v) is 10.9. The van der Waals surface area contributed by atoms with E-state index in [0.717, 1.165) is 0 Å². The van der Waals surface area contributed by atoms with Gasteiger partial charge >= 0.3 is 23.9 Å². The second kappa shape index (κ2) is 14.8. The predicted octanol–water partition coefficient (Wildman–Crippen LogP) is -2.09. The molecule has 1 aromatic carbocycles. The molecule has 15 heteroatoms. The van der Waals surface area contributed by atoms with E-state index < -0.39 is 85.0 Å². The van der Waals surface area contributed by atoms with Gasteiger partial charge in [-0.05, 0) is 12.0 Å². The topological polar surface area (TPSA) is 263 Å². The number of nitrogens with two attached hydrogens (primary N) is 1. The molecule has 3 amide bonds. The molecule has 0 radical (unpaired) electrons. The maximum atomic E-state index is 12.9. The van der Waals surface area contributed by atoms with Crippen molar-refractivity contribution in [2.45, 2.75) is 56.3 Å². The summed E-state index contributed by atoms with van der Waals surface area (Å²) in [5.41, 5.74) is 6.11. The molecule has 37 heavy (non-hydrogen) atoms. The number of hydrogen-bond donors (Lipinski definition) is 8. The molecule has 1 aromatic rings. The summed E-state index contributed by atoms with van der Waals surface area (Å²) in [6, 6.07) is 1.73. The zero-order chi connectivity index (χ0) is 28.1. The monoisotopic (exact) mass is 524 g/mol. The van der Waals surface area contributed by atoms with Crippen LogP contribution in [-0.4, -0.2) is 86.2 Å². The molecule has 0 spiro atoms. The number of carboxylic acids is 4. The Kier molecular flexibility index (Phi) is 12.2. The third-order valence-corrected chi connectivity index (χ3v) is 4.93. The van der Waals surface area contributed by atoms with Gasteiger partial charge in [-0.25, -0.2) is 4.79 Å². The van der Waals surface area contributed by atoms with Crippen molar-refractivity contribution in [2.75, 3.05) is 0 Å². The molecule has 0 fully saturated rings. The first-order chi connectivity index (χ1) is 17.3. The van der Waals surface area contributed by atoms with Crippen LogP contribution in [0.4, 0.5) is 0 Å². The standard InChI is InChI=1S/C22H28N4O11/c23-12(6-7-16(27)28)19(33)24-14(9-17(29)30)21(35)25-13(8-11-4-2-1-3-5-11)20(34)26-15(22(36)37)10-18(31)32/h1-5,12-15H,6-10,23H2,(H,24,33)(H,25,35)(H,26,34)(H,27,28)(H,29,30)(H,31,32)(H,36,37)/t12-,13-,14-,15-/m0/s1. The average Bonchev–Trinajstić information content (AvgIpc) is 2.80. The van der Waals surface area contributed by atoms with Crippen molar-refractivity contribution in [3.8, 4) is 0 Å². The van der Waals surface area contributed by atoms with E-state index in [2.05, 4.69) is 10.6 Å². The normalized spacial score (nSPS) is 13.8. The molecule has 1 rings (SSSR count). The van der Waals surface area contributed by atoms with Gasteiger partial charge in [0.2, 0.25) is 17.7 Å². The zero-order valence-corrected chi connectivity index (χ0v) is 19.5. The molecule has 15 nitrogen and oxygen atoms in total. The van der Waals surface area contributed by atoms with Crippen LogP contribution in [0, 0.1) is 0 Å². The number of aliphatic carboxylic acids is 4. The fourth-order valence-electron chi connectivity index (χ4n) is 3.05. The van der Waals surface area contributed by atoms with Gasteiger partial charge in [-0.2, -0.15) is 0 Å². The number of amides is 3. The SMILES string of the molecule is N[C@@H](CCC(=O)O)C(=O)N[C@@H](CC(=O)O)C(=O)N[C@@H](Cc1ccccc1)C(=O)N[C@@H](CC(=O)O)C(=O)O. The lowest BCUT2D eigenvalue weighted by atomic mass is 10.0. The lowest BCUT2D eigenvalue weighted by Crippen LogP contribution is -2.58. The van der Waals surface area contributed by atoms with E-state index in [1.54, 1.807) is 30.3 Å². The van der Waals surface area contributed by atoms with E-state index in [1.807, 2.05) is 5.32 Å². The number of carbonyl (C=O) groups excluding carboxylic acids is 3. The molecule has 4 atom stereocenters. The largest absolute Gasteiger partial charge is 0.481 e. The molecular formula is C22H28N4O11. The van der Waals surface area contributed by atoms with Gasteiger partial charge in [-0.3, -0.25) is 28.8 Å². The highest BCUT2D eigenvalue weighted by Gasteiger charge is 2.32. The molecule has 202 valence electrons. The van der Waals surface area contributed by atoms with Crippen LogP contribution in [0.3, 0.4) is 0 Å². The summed E-state index contributed by atoms with van der Waals surface area (Å²) in [6.07, 6.45) is -2.80. The molecule has 0 aliphatic rings. The first kappa shape index (κ1) is 30.5. The van der Waals surface area contributed by atoms with Crippen molar-refractivity contribution in [1.29, 1.82) is 0 Å². The van der Waals surface area contributed by atoms with Crippen LogP contribution in [0.5, 0.6) is 0 Å². The van der Waals surface area contributed by atoms with E-state index in [-0.39, 0.29) is 12.8 Å². The van der Waals surface area contributed by atoms with Gasteiger partial charge in [0.1, 0.15) is 18.1 Å². The number of nitrogens with one attached hydrogen (secondary N) is 3. The molecular weight excluding hydrogens is 496 g/mol. The number of hydrogen-bond acceptors (Lipinski definition) is 8. The van der Waals surface area contributed by atoms with E-state index in [1.165, 1.54) is 0 Å². The second-order valence-electron chi connectivity index (χ2n) is 7.95.